The van der Waals surface area contributed by atoms with Crippen LogP contribution in [0, 0.1) is 0 Å². The molecule has 2 rings (SSSR count). The first kappa shape index (κ1) is 11.6. The highest BCUT2D eigenvalue weighted by Crippen LogP contribution is 2.06. The van der Waals surface area contributed by atoms with Gasteiger partial charge in [0.15, 0.2) is 0 Å². The summed E-state index contributed by atoms with van der Waals surface area (Å²) in [7, 11) is 0. The summed E-state index contributed by atoms with van der Waals surface area (Å²) >= 11 is 0. The van der Waals surface area contributed by atoms with Crippen molar-refractivity contribution in [1.82, 2.24) is 15.0 Å². The second kappa shape index (κ2) is 5.00. The summed E-state index contributed by atoms with van der Waals surface area (Å²) in [6.45, 7) is 0. The molecule has 1 amide bonds. The fourth-order valence-electron chi connectivity index (χ4n) is 1.22. The molecule has 0 aliphatic heterocycles. The molecular weight excluding hydrogens is 236 g/mol. The molecule has 2 N–H and O–H groups in total. The van der Waals surface area contributed by atoms with Crippen molar-refractivity contribution in [1.29, 1.82) is 0 Å². The number of aromatic carboxylic acids is 1. The molecule has 0 aromatic carbocycles. The van der Waals surface area contributed by atoms with Crippen LogP contribution in [0.1, 0.15) is 20.8 Å². The number of carbonyl (C=O) groups is 2. The molecule has 0 saturated carbocycles. The lowest BCUT2D eigenvalue weighted by molar-refractivity contribution is 0.0690. The van der Waals surface area contributed by atoms with Crippen molar-refractivity contribution in [3.8, 4) is 0 Å². The molecule has 18 heavy (non-hydrogen) atoms. The van der Waals surface area contributed by atoms with Crippen LogP contribution in [0.2, 0.25) is 0 Å². The lowest BCUT2D eigenvalue weighted by Gasteiger charge is -2.03. The van der Waals surface area contributed by atoms with Gasteiger partial charge in [-0.3, -0.25) is 4.79 Å². The van der Waals surface area contributed by atoms with E-state index in [1.54, 1.807) is 0 Å². The number of aromatic nitrogens is 3. The quantitative estimate of drug-likeness (QED) is 0.828. The number of nitrogens with zero attached hydrogens (tertiary/aromatic N) is 3. The van der Waals surface area contributed by atoms with Gasteiger partial charge in [0.1, 0.15) is 12.0 Å². The summed E-state index contributed by atoms with van der Waals surface area (Å²) < 4.78 is 0. The third-order valence-corrected chi connectivity index (χ3v) is 2.06. The van der Waals surface area contributed by atoms with E-state index < -0.39 is 11.9 Å². The fourth-order valence-corrected chi connectivity index (χ4v) is 1.22. The Morgan fingerprint density at radius 1 is 1.11 bits per heavy atom. The zero-order valence-electron chi connectivity index (χ0n) is 9.07. The van der Waals surface area contributed by atoms with Gasteiger partial charge in [-0.1, -0.05) is 0 Å². The summed E-state index contributed by atoms with van der Waals surface area (Å²) in [5.74, 6) is -1.55. The Balaban J connectivity index is 2.12. The highest BCUT2D eigenvalue weighted by Gasteiger charge is 2.09. The van der Waals surface area contributed by atoms with Crippen LogP contribution >= 0.6 is 0 Å². The lowest BCUT2D eigenvalue weighted by Crippen LogP contribution is -2.13. The zero-order valence-corrected chi connectivity index (χ0v) is 9.07. The van der Waals surface area contributed by atoms with Crippen molar-refractivity contribution < 1.29 is 14.7 Å². The SMILES string of the molecule is O=C(Nc1cncnc1)c1ccc(C(=O)O)nc1. The van der Waals surface area contributed by atoms with E-state index >= 15 is 0 Å². The number of nitrogens with one attached hydrogen (secondary N) is 1. The topological polar surface area (TPSA) is 105 Å². The van der Waals surface area contributed by atoms with E-state index in [4.69, 9.17) is 5.11 Å². The first-order valence-corrected chi connectivity index (χ1v) is 4.92. The average Bonchev–Trinajstić information content (AvgIpc) is 2.40. The largest absolute Gasteiger partial charge is 0.477 e. The summed E-state index contributed by atoms with van der Waals surface area (Å²) in [4.78, 5) is 33.5. The molecule has 0 atom stereocenters. The summed E-state index contributed by atoms with van der Waals surface area (Å²) in [5.41, 5.74) is 0.586. The molecule has 0 bridgehead atoms. The summed E-state index contributed by atoms with van der Waals surface area (Å²) in [6, 6.07) is 2.65. The van der Waals surface area contributed by atoms with Crippen LogP contribution in [0.25, 0.3) is 0 Å². The summed E-state index contributed by atoms with van der Waals surface area (Å²) in [6.07, 6.45) is 5.44. The maximum absolute atomic E-state index is 11.7. The average molecular weight is 244 g/mol. The van der Waals surface area contributed by atoms with E-state index in [-0.39, 0.29) is 11.3 Å². The fraction of sp³-hybridized carbons (Fsp3) is 0. The number of carbonyl (C=O) groups excluding carboxylic acids is 1. The van der Waals surface area contributed by atoms with Crippen molar-refractivity contribution >= 4 is 17.6 Å². The first-order chi connectivity index (χ1) is 8.66. The number of carboxylic acid groups (broad SMARTS) is 1. The molecule has 90 valence electrons. The number of carboxylic acids is 1. The Labute approximate surface area is 102 Å². The number of hydrogen-bond acceptors (Lipinski definition) is 5. The van der Waals surface area contributed by atoms with E-state index in [9.17, 15) is 9.59 Å². The normalized spacial score (nSPS) is 9.78. The number of amides is 1. The van der Waals surface area contributed by atoms with Crippen molar-refractivity contribution in [2.45, 2.75) is 0 Å². The molecule has 7 nitrogen and oxygen atoms in total. The predicted molar refractivity (Wildman–Crippen MR) is 61.2 cm³/mol. The maximum atomic E-state index is 11.7. The molecule has 2 aromatic rings. The van der Waals surface area contributed by atoms with E-state index in [1.165, 1.54) is 37.1 Å². The van der Waals surface area contributed by atoms with Crippen LogP contribution in [0.3, 0.4) is 0 Å². The first-order valence-electron chi connectivity index (χ1n) is 4.92. The smallest absolute Gasteiger partial charge is 0.354 e. The molecule has 0 aliphatic carbocycles. The third kappa shape index (κ3) is 2.64. The zero-order chi connectivity index (χ0) is 13.0. The maximum Gasteiger partial charge on any atom is 0.354 e. The minimum Gasteiger partial charge on any atom is -0.477 e. The minimum absolute atomic E-state index is 0.116. The molecule has 0 spiro atoms. The van der Waals surface area contributed by atoms with Gasteiger partial charge in [0.25, 0.3) is 5.91 Å². The van der Waals surface area contributed by atoms with Crippen LogP contribution < -0.4 is 5.32 Å². The van der Waals surface area contributed by atoms with Crippen molar-refractivity contribution in [2.75, 3.05) is 5.32 Å². The van der Waals surface area contributed by atoms with Gasteiger partial charge in [-0.2, -0.15) is 0 Å². The Morgan fingerprint density at radius 3 is 2.39 bits per heavy atom. The van der Waals surface area contributed by atoms with Gasteiger partial charge in [0.2, 0.25) is 0 Å². The van der Waals surface area contributed by atoms with Crippen LogP contribution in [0.5, 0.6) is 0 Å². The van der Waals surface area contributed by atoms with Gasteiger partial charge in [0, 0.05) is 6.20 Å². The second-order valence-electron chi connectivity index (χ2n) is 3.32. The van der Waals surface area contributed by atoms with E-state index in [2.05, 4.69) is 20.3 Å². The molecule has 7 heteroatoms. The van der Waals surface area contributed by atoms with Gasteiger partial charge in [-0.15, -0.1) is 0 Å². The second-order valence-corrected chi connectivity index (χ2v) is 3.32. The number of rotatable bonds is 3. The monoisotopic (exact) mass is 244 g/mol. The molecule has 0 saturated heterocycles. The van der Waals surface area contributed by atoms with Crippen molar-refractivity contribution in [2.24, 2.45) is 0 Å². The van der Waals surface area contributed by atoms with Crippen LogP contribution in [-0.2, 0) is 0 Å². The summed E-state index contributed by atoms with van der Waals surface area (Å²) in [5, 5.41) is 11.2. The highest BCUT2D eigenvalue weighted by molar-refractivity contribution is 6.04. The molecule has 0 radical (unpaired) electrons. The van der Waals surface area contributed by atoms with Crippen molar-refractivity contribution in [3.05, 3.63) is 48.3 Å². The van der Waals surface area contributed by atoms with Gasteiger partial charge in [-0.05, 0) is 12.1 Å². The Bertz CT molecular complexity index is 569. The third-order valence-electron chi connectivity index (χ3n) is 2.06. The van der Waals surface area contributed by atoms with Crippen LogP contribution in [0.4, 0.5) is 5.69 Å². The van der Waals surface area contributed by atoms with E-state index in [0.29, 0.717) is 5.69 Å². The van der Waals surface area contributed by atoms with E-state index in [1.807, 2.05) is 0 Å². The minimum atomic E-state index is -1.14. The molecule has 2 aromatic heterocycles. The number of anilines is 1. The predicted octanol–water partition coefficient (Wildman–Crippen LogP) is 0.822. The van der Waals surface area contributed by atoms with Crippen LogP contribution in [-0.4, -0.2) is 31.9 Å². The molecule has 0 aliphatic rings. The Hall–Kier alpha value is -2.83. The van der Waals surface area contributed by atoms with Crippen molar-refractivity contribution in [3.63, 3.8) is 0 Å². The van der Waals surface area contributed by atoms with Gasteiger partial charge >= 0.3 is 5.97 Å². The molecule has 2 heterocycles. The van der Waals surface area contributed by atoms with E-state index in [0.717, 1.165) is 0 Å². The molecule has 0 fully saturated rings. The Morgan fingerprint density at radius 2 is 1.83 bits per heavy atom. The molecular formula is C11H8N4O3. The number of pyridine rings is 1. The number of hydrogen-bond donors (Lipinski definition) is 2. The molecule has 0 unspecified atom stereocenters. The lowest BCUT2D eigenvalue weighted by atomic mass is 10.2. The van der Waals surface area contributed by atoms with Gasteiger partial charge in [0.05, 0.1) is 23.6 Å². The van der Waals surface area contributed by atoms with Gasteiger partial charge in [-0.25, -0.2) is 19.7 Å². The Kier molecular flexibility index (Phi) is 3.24. The standard InChI is InChI=1S/C11H8N4O3/c16-10(15-8-4-12-6-13-5-8)7-1-2-9(11(17)18)14-3-7/h1-6H,(H,15,16)(H,17,18). The van der Waals surface area contributed by atoms with Crippen LogP contribution in [0.15, 0.2) is 37.1 Å². The van der Waals surface area contributed by atoms with Gasteiger partial charge < -0.3 is 10.4 Å². The highest BCUT2D eigenvalue weighted by atomic mass is 16.4.